The lowest BCUT2D eigenvalue weighted by atomic mass is 9.89. The maximum Gasteiger partial charge on any atom is 0.0542 e. The van der Waals surface area contributed by atoms with Crippen molar-refractivity contribution in [1.82, 2.24) is 10.3 Å². The van der Waals surface area contributed by atoms with Crippen LogP contribution in [0.5, 0.6) is 0 Å². The maximum absolute atomic E-state index is 6.18. The van der Waals surface area contributed by atoms with Crippen LogP contribution in [0.25, 0.3) is 0 Å². The van der Waals surface area contributed by atoms with Gasteiger partial charge < -0.3 is 5.32 Å². The van der Waals surface area contributed by atoms with Crippen molar-refractivity contribution in [3.8, 4) is 0 Å². The predicted octanol–water partition coefficient (Wildman–Crippen LogP) is 3.73. The molecule has 2 atom stereocenters. The van der Waals surface area contributed by atoms with Crippen LogP contribution in [0.4, 0.5) is 0 Å². The molecule has 0 bridgehead atoms. The number of hydrogen-bond donors (Lipinski definition) is 1. The third-order valence-electron chi connectivity index (χ3n) is 3.25. The first-order valence-electron chi connectivity index (χ1n) is 6.19. The smallest absolute Gasteiger partial charge is 0.0542 e. The van der Waals surface area contributed by atoms with Crippen LogP contribution in [-0.4, -0.2) is 16.9 Å². The molecule has 4 heteroatoms. The highest BCUT2D eigenvalue weighted by Gasteiger charge is 2.19. The quantitative estimate of drug-likeness (QED) is 0.856. The second kappa shape index (κ2) is 6.72. The fourth-order valence-corrected chi connectivity index (χ4v) is 2.97. The van der Waals surface area contributed by atoms with Gasteiger partial charge in [0.25, 0.3) is 0 Å². The molecule has 0 aromatic carbocycles. The number of nitrogens with zero attached hydrogens (tertiary/aromatic N) is 1. The number of rotatable bonds is 4. The highest BCUT2D eigenvalue weighted by Crippen LogP contribution is 2.27. The molecule has 1 N–H and O–H groups in total. The van der Waals surface area contributed by atoms with Crippen LogP contribution in [0, 0.1) is 5.92 Å². The van der Waals surface area contributed by atoms with Gasteiger partial charge in [-0.2, -0.15) is 0 Å². The van der Waals surface area contributed by atoms with E-state index in [1.165, 1.54) is 19.3 Å². The van der Waals surface area contributed by atoms with E-state index in [9.17, 15) is 0 Å². The molecular weight excluding hydrogens is 300 g/mol. The molecule has 2 nitrogen and oxygen atoms in total. The van der Waals surface area contributed by atoms with E-state index in [2.05, 4.69) is 26.2 Å². The van der Waals surface area contributed by atoms with Crippen molar-refractivity contribution in [3.63, 3.8) is 0 Å². The summed E-state index contributed by atoms with van der Waals surface area (Å²) in [5.74, 6) is 0.738. The first-order valence-corrected chi connectivity index (χ1v) is 7.42. The third kappa shape index (κ3) is 4.57. The minimum absolute atomic E-state index is 0.390. The molecule has 0 saturated heterocycles. The van der Waals surface area contributed by atoms with Crippen LogP contribution in [0.1, 0.15) is 31.4 Å². The molecule has 94 valence electrons. The Morgan fingerprint density at radius 3 is 3.00 bits per heavy atom. The Morgan fingerprint density at radius 2 is 2.29 bits per heavy atom. The van der Waals surface area contributed by atoms with Gasteiger partial charge in [0, 0.05) is 22.6 Å². The van der Waals surface area contributed by atoms with Gasteiger partial charge in [0.15, 0.2) is 0 Å². The van der Waals surface area contributed by atoms with E-state index in [1.807, 2.05) is 18.3 Å². The Bertz CT molecular complexity index is 342. The van der Waals surface area contributed by atoms with Gasteiger partial charge in [-0.25, -0.2) is 0 Å². The van der Waals surface area contributed by atoms with E-state index >= 15 is 0 Å². The molecule has 1 aromatic heterocycles. The fraction of sp³-hybridized carbons (Fsp3) is 0.615. The van der Waals surface area contributed by atoms with Crippen LogP contribution < -0.4 is 5.32 Å². The van der Waals surface area contributed by atoms with Crippen molar-refractivity contribution < 1.29 is 0 Å². The fourth-order valence-electron chi connectivity index (χ4n) is 2.33. The molecule has 1 aliphatic carbocycles. The molecule has 1 saturated carbocycles. The first-order chi connectivity index (χ1) is 8.24. The number of nitrogens with one attached hydrogen (secondary N) is 1. The van der Waals surface area contributed by atoms with Gasteiger partial charge in [0.05, 0.1) is 5.69 Å². The average Bonchev–Trinajstić information content (AvgIpc) is 2.32. The van der Waals surface area contributed by atoms with Crippen LogP contribution >= 0.6 is 27.5 Å². The molecule has 1 aliphatic rings. The Hall–Kier alpha value is -0.120. The highest BCUT2D eigenvalue weighted by molar-refractivity contribution is 9.10. The molecule has 2 unspecified atom stereocenters. The summed E-state index contributed by atoms with van der Waals surface area (Å²) in [5, 5.41) is 3.87. The van der Waals surface area contributed by atoms with Gasteiger partial charge in [-0.05, 0) is 59.8 Å². The van der Waals surface area contributed by atoms with Crippen molar-refractivity contribution in [1.29, 1.82) is 0 Å². The monoisotopic (exact) mass is 316 g/mol. The third-order valence-corrected chi connectivity index (χ3v) is 4.11. The molecular formula is C13H18BrClN2. The Labute approximate surface area is 116 Å². The van der Waals surface area contributed by atoms with Crippen LogP contribution in [0.3, 0.4) is 0 Å². The largest absolute Gasteiger partial charge is 0.311 e. The molecule has 0 aliphatic heterocycles. The minimum atomic E-state index is 0.390. The second-order valence-corrected chi connectivity index (χ2v) is 6.26. The summed E-state index contributed by atoms with van der Waals surface area (Å²) in [6, 6.07) is 4.07. The summed E-state index contributed by atoms with van der Waals surface area (Å²) in [6.07, 6.45) is 6.77. The summed E-state index contributed by atoms with van der Waals surface area (Å²) in [4.78, 5) is 4.34. The zero-order valence-electron chi connectivity index (χ0n) is 9.83. The van der Waals surface area contributed by atoms with E-state index in [-0.39, 0.29) is 0 Å². The molecule has 0 radical (unpaired) electrons. The molecule has 17 heavy (non-hydrogen) atoms. The summed E-state index contributed by atoms with van der Waals surface area (Å²) >= 11 is 9.56. The normalized spacial score (nSPS) is 24.8. The van der Waals surface area contributed by atoms with Crippen molar-refractivity contribution in [2.45, 2.75) is 37.6 Å². The Morgan fingerprint density at radius 1 is 1.41 bits per heavy atom. The number of halogens is 2. The van der Waals surface area contributed by atoms with Gasteiger partial charge in [-0.3, -0.25) is 4.98 Å². The number of alkyl halides is 1. The zero-order chi connectivity index (χ0) is 12.1. The topological polar surface area (TPSA) is 24.9 Å². The van der Waals surface area contributed by atoms with Crippen LogP contribution in [0.2, 0.25) is 0 Å². The first kappa shape index (κ1) is 13.3. The molecule has 2 rings (SSSR count). The predicted molar refractivity (Wildman–Crippen MR) is 75.2 cm³/mol. The standard InChI is InChI=1S/C13H18BrClN2/c14-11-4-5-13(17-8-11)9-16-7-10-2-1-3-12(15)6-10/h4-5,8,10,12,16H,1-3,6-7,9H2. The van der Waals surface area contributed by atoms with Gasteiger partial charge in [0.2, 0.25) is 0 Å². The summed E-state index contributed by atoms with van der Waals surface area (Å²) in [5.41, 5.74) is 1.09. The lowest BCUT2D eigenvalue weighted by molar-refractivity contribution is 0.345. The van der Waals surface area contributed by atoms with Crippen LogP contribution in [-0.2, 0) is 6.54 Å². The highest BCUT2D eigenvalue weighted by atomic mass is 79.9. The van der Waals surface area contributed by atoms with E-state index in [4.69, 9.17) is 11.6 Å². The van der Waals surface area contributed by atoms with Gasteiger partial charge in [-0.1, -0.05) is 6.42 Å². The summed E-state index contributed by atoms with van der Waals surface area (Å²) in [6.45, 7) is 1.90. The lowest BCUT2D eigenvalue weighted by Gasteiger charge is -2.25. The van der Waals surface area contributed by atoms with E-state index in [0.29, 0.717) is 5.38 Å². The second-order valence-electron chi connectivity index (χ2n) is 4.73. The Balaban J connectivity index is 1.70. The summed E-state index contributed by atoms with van der Waals surface area (Å²) in [7, 11) is 0. The van der Waals surface area contributed by atoms with Gasteiger partial charge in [-0.15, -0.1) is 11.6 Å². The number of hydrogen-bond acceptors (Lipinski definition) is 2. The van der Waals surface area contributed by atoms with E-state index in [0.717, 1.165) is 35.6 Å². The van der Waals surface area contributed by atoms with E-state index < -0.39 is 0 Å². The van der Waals surface area contributed by atoms with Crippen molar-refractivity contribution in [2.75, 3.05) is 6.54 Å². The lowest BCUT2D eigenvalue weighted by Crippen LogP contribution is -2.27. The molecule has 0 amide bonds. The molecule has 0 spiro atoms. The van der Waals surface area contributed by atoms with Crippen molar-refractivity contribution in [3.05, 3.63) is 28.5 Å². The molecule has 1 fully saturated rings. The van der Waals surface area contributed by atoms with Gasteiger partial charge >= 0.3 is 0 Å². The number of pyridine rings is 1. The van der Waals surface area contributed by atoms with Crippen molar-refractivity contribution in [2.24, 2.45) is 5.92 Å². The molecule has 1 heterocycles. The van der Waals surface area contributed by atoms with Gasteiger partial charge in [0.1, 0.15) is 0 Å². The zero-order valence-corrected chi connectivity index (χ0v) is 12.2. The number of aromatic nitrogens is 1. The summed E-state index contributed by atoms with van der Waals surface area (Å²) < 4.78 is 1.03. The minimum Gasteiger partial charge on any atom is -0.311 e. The average molecular weight is 318 g/mol. The SMILES string of the molecule is ClC1CCCC(CNCc2ccc(Br)cn2)C1. The van der Waals surface area contributed by atoms with Crippen molar-refractivity contribution >= 4 is 27.5 Å². The Kier molecular flexibility index (Phi) is 5.26. The maximum atomic E-state index is 6.18. The van der Waals surface area contributed by atoms with Crippen LogP contribution in [0.15, 0.2) is 22.8 Å². The molecule has 1 aromatic rings. The van der Waals surface area contributed by atoms with E-state index in [1.54, 1.807) is 0 Å².